The standard InChI is InChI=1S/C16H20BrN3/c1-10-7-8-12(13(17)9-10)14-15(18)20(2)16(19-14)11-5-3-4-6-11/h7-9,11H,3-6,18H2,1-2H3. The van der Waals surface area contributed by atoms with Gasteiger partial charge in [-0.3, -0.25) is 0 Å². The molecule has 1 aliphatic rings. The zero-order valence-electron chi connectivity index (χ0n) is 12.0. The summed E-state index contributed by atoms with van der Waals surface area (Å²) in [6, 6.07) is 6.30. The zero-order valence-corrected chi connectivity index (χ0v) is 13.6. The first kappa shape index (κ1) is 13.7. The highest BCUT2D eigenvalue weighted by atomic mass is 79.9. The van der Waals surface area contributed by atoms with E-state index in [9.17, 15) is 0 Å². The maximum absolute atomic E-state index is 6.29. The highest BCUT2D eigenvalue weighted by Crippen LogP contribution is 2.38. The van der Waals surface area contributed by atoms with E-state index >= 15 is 0 Å². The van der Waals surface area contributed by atoms with E-state index < -0.39 is 0 Å². The SMILES string of the molecule is Cc1ccc(-c2nc(C3CCCC3)n(C)c2N)c(Br)c1. The smallest absolute Gasteiger partial charge is 0.131 e. The molecule has 1 aliphatic carbocycles. The minimum absolute atomic E-state index is 0.570. The number of imidazole rings is 1. The molecule has 106 valence electrons. The highest BCUT2D eigenvalue weighted by Gasteiger charge is 2.24. The van der Waals surface area contributed by atoms with Crippen molar-refractivity contribution in [3.63, 3.8) is 0 Å². The number of hydrogen-bond donors (Lipinski definition) is 1. The number of hydrogen-bond acceptors (Lipinski definition) is 2. The summed E-state index contributed by atoms with van der Waals surface area (Å²) in [7, 11) is 2.03. The second-order valence-corrected chi connectivity index (χ2v) is 6.58. The summed E-state index contributed by atoms with van der Waals surface area (Å²) < 4.78 is 3.12. The van der Waals surface area contributed by atoms with E-state index in [1.165, 1.54) is 31.2 Å². The molecule has 1 aromatic heterocycles. The van der Waals surface area contributed by atoms with E-state index in [2.05, 4.69) is 45.6 Å². The van der Waals surface area contributed by atoms with Crippen molar-refractivity contribution in [3.8, 4) is 11.3 Å². The molecule has 20 heavy (non-hydrogen) atoms. The summed E-state index contributed by atoms with van der Waals surface area (Å²) in [5.74, 6) is 2.47. The van der Waals surface area contributed by atoms with Crippen LogP contribution in [0.4, 0.5) is 5.82 Å². The van der Waals surface area contributed by atoms with Gasteiger partial charge in [-0.1, -0.05) is 40.9 Å². The van der Waals surface area contributed by atoms with Crippen molar-refractivity contribution in [1.82, 2.24) is 9.55 Å². The molecule has 0 spiro atoms. The molecule has 1 saturated carbocycles. The first-order chi connectivity index (χ1) is 9.58. The van der Waals surface area contributed by atoms with Crippen LogP contribution < -0.4 is 5.73 Å². The number of halogens is 1. The Bertz CT molecular complexity index is 639. The molecule has 0 atom stereocenters. The predicted octanol–water partition coefficient (Wildman–Crippen LogP) is 4.40. The van der Waals surface area contributed by atoms with Gasteiger partial charge in [0, 0.05) is 23.0 Å². The molecule has 0 radical (unpaired) electrons. The molecular formula is C16H20BrN3. The van der Waals surface area contributed by atoms with Crippen molar-refractivity contribution in [1.29, 1.82) is 0 Å². The number of aryl methyl sites for hydroxylation is 1. The minimum Gasteiger partial charge on any atom is -0.383 e. The van der Waals surface area contributed by atoms with Gasteiger partial charge in [-0.15, -0.1) is 0 Å². The monoisotopic (exact) mass is 333 g/mol. The summed E-state index contributed by atoms with van der Waals surface area (Å²) >= 11 is 3.63. The van der Waals surface area contributed by atoms with E-state index in [-0.39, 0.29) is 0 Å². The van der Waals surface area contributed by atoms with Gasteiger partial charge in [0.05, 0.1) is 0 Å². The Labute approximate surface area is 128 Å². The van der Waals surface area contributed by atoms with Gasteiger partial charge in [-0.05, 0) is 31.4 Å². The first-order valence-electron chi connectivity index (χ1n) is 7.16. The maximum Gasteiger partial charge on any atom is 0.131 e. The van der Waals surface area contributed by atoms with Gasteiger partial charge in [0.25, 0.3) is 0 Å². The third-order valence-electron chi connectivity index (χ3n) is 4.27. The lowest BCUT2D eigenvalue weighted by Gasteiger charge is -2.08. The summed E-state index contributed by atoms with van der Waals surface area (Å²) in [6.45, 7) is 2.08. The number of nitrogens with zero attached hydrogens (tertiary/aromatic N) is 2. The minimum atomic E-state index is 0.570. The second kappa shape index (κ2) is 5.24. The van der Waals surface area contributed by atoms with Crippen LogP contribution in [-0.2, 0) is 7.05 Å². The molecule has 1 heterocycles. The Balaban J connectivity index is 2.07. The van der Waals surface area contributed by atoms with Crippen molar-refractivity contribution in [2.45, 2.75) is 38.5 Å². The number of anilines is 1. The van der Waals surface area contributed by atoms with Crippen LogP contribution in [0.5, 0.6) is 0 Å². The maximum atomic E-state index is 6.29. The van der Waals surface area contributed by atoms with Crippen molar-refractivity contribution in [2.24, 2.45) is 7.05 Å². The van der Waals surface area contributed by atoms with Gasteiger partial charge in [-0.25, -0.2) is 4.98 Å². The third-order valence-corrected chi connectivity index (χ3v) is 4.93. The fourth-order valence-electron chi connectivity index (χ4n) is 3.09. The van der Waals surface area contributed by atoms with Crippen LogP contribution >= 0.6 is 15.9 Å². The number of rotatable bonds is 2. The van der Waals surface area contributed by atoms with Crippen molar-refractivity contribution >= 4 is 21.7 Å². The van der Waals surface area contributed by atoms with Crippen LogP contribution in [-0.4, -0.2) is 9.55 Å². The van der Waals surface area contributed by atoms with Gasteiger partial charge in [-0.2, -0.15) is 0 Å². The lowest BCUT2D eigenvalue weighted by atomic mass is 10.1. The molecule has 1 fully saturated rings. The van der Waals surface area contributed by atoms with Crippen LogP contribution in [0.1, 0.15) is 43.0 Å². The summed E-state index contributed by atoms with van der Waals surface area (Å²) in [5, 5.41) is 0. The Morgan fingerprint density at radius 3 is 2.65 bits per heavy atom. The highest BCUT2D eigenvalue weighted by molar-refractivity contribution is 9.10. The van der Waals surface area contributed by atoms with E-state index in [0.717, 1.165) is 27.4 Å². The van der Waals surface area contributed by atoms with E-state index in [0.29, 0.717) is 5.92 Å². The van der Waals surface area contributed by atoms with Crippen LogP contribution in [0.15, 0.2) is 22.7 Å². The fourth-order valence-corrected chi connectivity index (χ4v) is 3.77. The van der Waals surface area contributed by atoms with Crippen LogP contribution in [0.2, 0.25) is 0 Å². The Morgan fingerprint density at radius 1 is 1.30 bits per heavy atom. The largest absolute Gasteiger partial charge is 0.383 e. The average Bonchev–Trinajstić information content (AvgIpc) is 3.01. The first-order valence-corrected chi connectivity index (χ1v) is 7.96. The molecular weight excluding hydrogens is 314 g/mol. The van der Waals surface area contributed by atoms with Crippen LogP contribution in [0.3, 0.4) is 0 Å². The lowest BCUT2D eigenvalue weighted by Crippen LogP contribution is -2.05. The number of nitrogen functional groups attached to an aromatic ring is 1. The molecule has 0 aliphatic heterocycles. The summed E-state index contributed by atoms with van der Waals surface area (Å²) in [5.41, 5.74) is 9.50. The van der Waals surface area contributed by atoms with Crippen molar-refractivity contribution in [2.75, 3.05) is 5.73 Å². The molecule has 1 aromatic carbocycles. The lowest BCUT2D eigenvalue weighted by molar-refractivity contribution is 0.635. The number of benzene rings is 1. The van der Waals surface area contributed by atoms with Crippen molar-refractivity contribution < 1.29 is 0 Å². The Kier molecular flexibility index (Phi) is 3.59. The topological polar surface area (TPSA) is 43.8 Å². The molecule has 3 nitrogen and oxygen atoms in total. The Morgan fingerprint density at radius 2 is 2.00 bits per heavy atom. The molecule has 0 saturated heterocycles. The zero-order chi connectivity index (χ0) is 14.3. The van der Waals surface area contributed by atoms with Gasteiger partial charge >= 0.3 is 0 Å². The second-order valence-electron chi connectivity index (χ2n) is 5.73. The molecule has 0 amide bonds. The average molecular weight is 334 g/mol. The number of nitrogens with two attached hydrogens (primary N) is 1. The van der Waals surface area contributed by atoms with Gasteiger partial charge in [0.1, 0.15) is 17.3 Å². The van der Waals surface area contributed by atoms with Gasteiger partial charge < -0.3 is 10.3 Å². The molecule has 3 rings (SSSR count). The van der Waals surface area contributed by atoms with E-state index in [1.54, 1.807) is 0 Å². The normalized spacial score (nSPS) is 15.9. The summed E-state index contributed by atoms with van der Waals surface area (Å²) in [4.78, 5) is 4.86. The van der Waals surface area contributed by atoms with E-state index in [1.807, 2.05) is 7.05 Å². The molecule has 0 bridgehead atoms. The Hall–Kier alpha value is -1.29. The third kappa shape index (κ3) is 2.26. The quantitative estimate of drug-likeness (QED) is 0.885. The van der Waals surface area contributed by atoms with Gasteiger partial charge in [0.2, 0.25) is 0 Å². The van der Waals surface area contributed by atoms with E-state index in [4.69, 9.17) is 10.7 Å². The summed E-state index contributed by atoms with van der Waals surface area (Å²) in [6.07, 6.45) is 5.08. The fraction of sp³-hybridized carbons (Fsp3) is 0.438. The number of aromatic nitrogens is 2. The predicted molar refractivity (Wildman–Crippen MR) is 86.7 cm³/mol. The van der Waals surface area contributed by atoms with Crippen LogP contribution in [0.25, 0.3) is 11.3 Å². The molecule has 2 N–H and O–H groups in total. The van der Waals surface area contributed by atoms with Crippen LogP contribution in [0, 0.1) is 6.92 Å². The molecule has 2 aromatic rings. The van der Waals surface area contributed by atoms with Gasteiger partial charge in [0.15, 0.2) is 0 Å². The molecule has 0 unspecified atom stereocenters. The molecule has 4 heteroatoms. The van der Waals surface area contributed by atoms with Crippen molar-refractivity contribution in [3.05, 3.63) is 34.1 Å².